The van der Waals surface area contributed by atoms with E-state index in [1.165, 1.54) is 116 Å². The molecular formula is C37H73O8PS. The van der Waals surface area contributed by atoms with Gasteiger partial charge in [0.15, 0.2) is 10.7 Å². The van der Waals surface area contributed by atoms with E-state index in [-0.39, 0.29) is 30.0 Å². The largest absolute Gasteiger partial charge is 0.394 e. The van der Waals surface area contributed by atoms with Gasteiger partial charge in [0.1, 0.15) is 11.9 Å². The maximum absolute atomic E-state index is 13.2. The number of aliphatic hydroxyl groups excluding tert-OH is 2. The van der Waals surface area contributed by atoms with Crippen LogP contribution in [0, 0.1) is 0 Å². The van der Waals surface area contributed by atoms with Crippen LogP contribution in [-0.4, -0.2) is 56.0 Å². The molecular weight excluding hydrogens is 635 g/mol. The summed E-state index contributed by atoms with van der Waals surface area (Å²) in [5, 5.41) is 29.8. The number of carbonyl (C=O) groups is 2. The number of hydrogen-bond donors (Lipinski definition) is 4. The van der Waals surface area contributed by atoms with Crippen molar-refractivity contribution in [3.05, 3.63) is 0 Å². The van der Waals surface area contributed by atoms with E-state index in [1.54, 1.807) is 0 Å². The minimum absolute atomic E-state index is 0.00649. The first-order chi connectivity index (χ1) is 22.6. The normalized spacial score (nSPS) is 14.9. The zero-order valence-electron chi connectivity index (χ0n) is 30.3. The zero-order chi connectivity index (χ0) is 35.1. The van der Waals surface area contributed by atoms with Gasteiger partial charge in [-0.3, -0.25) is 14.1 Å². The molecule has 0 saturated carbocycles. The smallest absolute Gasteiger partial charge is 0.389 e. The summed E-state index contributed by atoms with van der Waals surface area (Å²) in [6.07, 6.45) is 28.6. The Labute approximate surface area is 292 Å². The van der Waals surface area contributed by atoms with Crippen LogP contribution in [0.15, 0.2) is 0 Å². The van der Waals surface area contributed by atoms with Gasteiger partial charge >= 0.3 is 6.80 Å². The van der Waals surface area contributed by atoms with E-state index in [0.717, 1.165) is 38.5 Å². The molecule has 0 amide bonds. The van der Waals surface area contributed by atoms with Crippen molar-refractivity contribution in [2.75, 3.05) is 13.2 Å². The highest BCUT2D eigenvalue weighted by Crippen LogP contribution is 2.61. The summed E-state index contributed by atoms with van der Waals surface area (Å²) in [4.78, 5) is 33.9. The third-order valence-corrected chi connectivity index (χ3v) is 12.1. The maximum Gasteiger partial charge on any atom is 0.389 e. The van der Waals surface area contributed by atoms with Crippen molar-refractivity contribution in [3.63, 3.8) is 0 Å². The summed E-state index contributed by atoms with van der Waals surface area (Å²) in [7, 11) is 0. The highest BCUT2D eigenvalue weighted by Gasteiger charge is 2.45. The second kappa shape index (κ2) is 31.7. The zero-order valence-corrected chi connectivity index (χ0v) is 32.0. The van der Waals surface area contributed by atoms with Crippen LogP contribution in [0.1, 0.15) is 200 Å². The Morgan fingerprint density at radius 3 is 1.34 bits per heavy atom. The lowest BCUT2D eigenvalue weighted by molar-refractivity contribution is -0.134. The van der Waals surface area contributed by atoms with E-state index in [1.807, 2.05) is 0 Å². The maximum atomic E-state index is 13.2. The summed E-state index contributed by atoms with van der Waals surface area (Å²) in [6, 6.07) is 0. The standard InChI is InChI=1S/C37H73O8PS/c1-3-5-7-9-11-13-15-17-19-21-23-25-27-29-34(39)31-37(42,47-46(43,44)45-33-35(40)32-38)36(41)30-28-26-24-22-20-18-16-14-12-10-8-6-4-2/h35,38,40,42H,3-33H2,1-2H3,(H,43,44)/t35-,37?/m1/s1. The average Bonchev–Trinajstić information content (AvgIpc) is 3.03. The van der Waals surface area contributed by atoms with Crippen LogP contribution < -0.4 is 0 Å². The quantitative estimate of drug-likeness (QED) is 0.0282. The Hall–Kier alpha value is -0.280. The number of hydrogen-bond acceptors (Lipinski definition) is 8. The second-order valence-corrected chi connectivity index (χ2v) is 17.6. The molecule has 47 heavy (non-hydrogen) atoms. The van der Waals surface area contributed by atoms with E-state index in [4.69, 9.17) is 9.63 Å². The minimum atomic E-state index is -4.60. The molecule has 0 aliphatic carbocycles. The number of carbonyl (C=O) groups excluding carboxylic acids is 2. The summed E-state index contributed by atoms with van der Waals surface area (Å²) >= 11 is 0.0670. The average molecular weight is 709 g/mol. The Morgan fingerprint density at radius 1 is 0.638 bits per heavy atom. The van der Waals surface area contributed by atoms with Crippen molar-refractivity contribution in [1.29, 1.82) is 0 Å². The number of aliphatic hydroxyl groups is 3. The van der Waals surface area contributed by atoms with Gasteiger partial charge in [-0.05, 0) is 12.8 Å². The fourth-order valence-corrected chi connectivity index (χ4v) is 9.04. The molecule has 2 unspecified atom stereocenters. The molecule has 8 nitrogen and oxygen atoms in total. The van der Waals surface area contributed by atoms with Crippen molar-refractivity contribution in [2.45, 2.75) is 211 Å². The lowest BCUT2D eigenvalue weighted by Crippen LogP contribution is -2.37. The lowest BCUT2D eigenvalue weighted by atomic mass is 9.99. The lowest BCUT2D eigenvalue weighted by Gasteiger charge is -2.27. The Bertz CT molecular complexity index is 798. The minimum Gasteiger partial charge on any atom is -0.394 e. The van der Waals surface area contributed by atoms with Crippen LogP contribution in [0.4, 0.5) is 0 Å². The van der Waals surface area contributed by atoms with Crippen molar-refractivity contribution in [2.24, 2.45) is 0 Å². The molecule has 0 aliphatic rings. The first kappa shape index (κ1) is 46.7. The van der Waals surface area contributed by atoms with Crippen LogP contribution >= 0.6 is 18.2 Å². The summed E-state index contributed by atoms with van der Waals surface area (Å²) in [6.45, 7) is -1.43. The van der Waals surface area contributed by atoms with Gasteiger partial charge in [-0.1, -0.05) is 168 Å². The number of unbranched alkanes of at least 4 members (excludes halogenated alkanes) is 24. The van der Waals surface area contributed by atoms with Crippen LogP contribution in [0.3, 0.4) is 0 Å². The number of ketones is 2. The van der Waals surface area contributed by atoms with Gasteiger partial charge < -0.3 is 20.2 Å². The number of rotatable bonds is 37. The van der Waals surface area contributed by atoms with Crippen molar-refractivity contribution < 1.29 is 38.9 Å². The molecule has 0 aliphatic heterocycles. The molecule has 0 aromatic carbocycles. The molecule has 3 atom stereocenters. The molecule has 0 rings (SSSR count). The second-order valence-electron chi connectivity index (χ2n) is 13.6. The molecule has 0 aromatic rings. The van der Waals surface area contributed by atoms with Crippen LogP contribution in [0.5, 0.6) is 0 Å². The summed E-state index contributed by atoms with van der Waals surface area (Å²) < 4.78 is 17.5. The third-order valence-electron chi connectivity index (χ3n) is 8.85. The van der Waals surface area contributed by atoms with E-state index in [0.29, 0.717) is 12.8 Å². The summed E-state index contributed by atoms with van der Waals surface area (Å²) in [5.41, 5.74) is 0. The molecule has 10 heteroatoms. The van der Waals surface area contributed by atoms with E-state index < -0.39 is 43.3 Å². The van der Waals surface area contributed by atoms with Gasteiger partial charge in [-0.2, -0.15) is 0 Å². The molecule has 0 radical (unpaired) electrons. The van der Waals surface area contributed by atoms with Gasteiger partial charge in [0.25, 0.3) is 0 Å². The molecule has 0 bridgehead atoms. The van der Waals surface area contributed by atoms with Gasteiger partial charge in [0.2, 0.25) is 0 Å². The molecule has 0 spiro atoms. The van der Waals surface area contributed by atoms with E-state index >= 15 is 0 Å². The van der Waals surface area contributed by atoms with Crippen molar-refractivity contribution in [3.8, 4) is 0 Å². The van der Waals surface area contributed by atoms with Crippen LogP contribution in [0.2, 0.25) is 0 Å². The highest BCUT2D eigenvalue weighted by molar-refractivity contribution is 8.55. The third kappa shape index (κ3) is 29.2. The van der Waals surface area contributed by atoms with E-state index in [9.17, 15) is 29.3 Å². The monoisotopic (exact) mass is 708 g/mol. The van der Waals surface area contributed by atoms with Gasteiger partial charge in [-0.25, -0.2) is 4.57 Å². The van der Waals surface area contributed by atoms with Gasteiger partial charge in [0.05, 0.1) is 19.6 Å². The topological polar surface area (TPSA) is 141 Å². The highest BCUT2D eigenvalue weighted by atomic mass is 32.7. The Kier molecular flexibility index (Phi) is 31.5. The first-order valence-electron chi connectivity index (χ1n) is 19.3. The van der Waals surface area contributed by atoms with Crippen molar-refractivity contribution in [1.82, 2.24) is 0 Å². The van der Waals surface area contributed by atoms with E-state index in [2.05, 4.69) is 13.8 Å². The SMILES string of the molecule is CCCCCCCCCCCCCCCC(=O)CC(O)(SP(=O)(O)OC[C@H](O)CO)C(=O)CCCCCCCCCCCCCCC. The summed E-state index contributed by atoms with van der Waals surface area (Å²) in [5.74, 6) is -0.970. The Balaban J connectivity index is 4.52. The fraction of sp³-hybridized carbons (Fsp3) is 0.946. The number of Topliss-reactive ketones (excluding diaryl/α,β-unsaturated/α-hetero) is 2. The molecule has 0 aromatic heterocycles. The van der Waals surface area contributed by atoms with Crippen LogP contribution in [0.25, 0.3) is 0 Å². The molecule has 0 heterocycles. The van der Waals surface area contributed by atoms with Crippen LogP contribution in [-0.2, 0) is 18.7 Å². The Morgan fingerprint density at radius 2 is 0.979 bits per heavy atom. The fourth-order valence-electron chi connectivity index (χ4n) is 5.83. The van der Waals surface area contributed by atoms with Gasteiger partial charge in [-0.15, -0.1) is 0 Å². The molecule has 0 fully saturated rings. The first-order valence-corrected chi connectivity index (χ1v) is 22.3. The molecule has 0 saturated heterocycles. The molecule has 280 valence electrons. The van der Waals surface area contributed by atoms with Crippen molar-refractivity contribution >= 4 is 29.7 Å². The van der Waals surface area contributed by atoms with Gasteiger partial charge in [0, 0.05) is 24.2 Å². The molecule has 4 N–H and O–H groups in total. The predicted octanol–water partition coefficient (Wildman–Crippen LogP) is 10.4. The predicted molar refractivity (Wildman–Crippen MR) is 197 cm³/mol.